The third-order valence-electron chi connectivity index (χ3n) is 5.50. The van der Waals surface area contributed by atoms with E-state index in [-0.39, 0.29) is 17.7 Å². The van der Waals surface area contributed by atoms with E-state index in [1.807, 2.05) is 18.2 Å². The quantitative estimate of drug-likeness (QED) is 0.864. The highest BCUT2D eigenvalue weighted by molar-refractivity contribution is 6.00. The van der Waals surface area contributed by atoms with E-state index >= 15 is 0 Å². The topological polar surface area (TPSA) is 49.4 Å². The number of hydrogen-bond acceptors (Lipinski definition) is 2. The van der Waals surface area contributed by atoms with Crippen LogP contribution in [-0.2, 0) is 9.59 Å². The van der Waals surface area contributed by atoms with Gasteiger partial charge in [0.15, 0.2) is 0 Å². The Hall–Kier alpha value is -1.84. The molecule has 0 unspecified atom stereocenters. The zero-order chi connectivity index (χ0) is 17.1. The molecule has 0 radical (unpaired) electrons. The van der Waals surface area contributed by atoms with Crippen molar-refractivity contribution in [2.45, 2.75) is 64.8 Å². The van der Waals surface area contributed by atoms with Crippen LogP contribution in [-0.4, -0.2) is 24.4 Å². The van der Waals surface area contributed by atoms with Gasteiger partial charge in [0, 0.05) is 24.7 Å². The molecule has 3 rings (SSSR count). The first-order valence-electron chi connectivity index (χ1n) is 9.22. The van der Waals surface area contributed by atoms with Gasteiger partial charge in [-0.3, -0.25) is 9.59 Å². The Kier molecular flexibility index (Phi) is 5.22. The number of amides is 2. The van der Waals surface area contributed by atoms with Gasteiger partial charge in [0.05, 0.1) is 5.92 Å². The first kappa shape index (κ1) is 17.0. The minimum Gasteiger partial charge on any atom is -0.353 e. The van der Waals surface area contributed by atoms with Crippen LogP contribution in [0.25, 0.3) is 0 Å². The molecule has 1 saturated heterocycles. The van der Waals surface area contributed by atoms with Crippen LogP contribution >= 0.6 is 0 Å². The van der Waals surface area contributed by atoms with Crippen molar-refractivity contribution in [1.29, 1.82) is 0 Å². The normalized spacial score (nSPS) is 22.5. The monoisotopic (exact) mass is 328 g/mol. The van der Waals surface area contributed by atoms with E-state index in [1.54, 1.807) is 4.90 Å². The van der Waals surface area contributed by atoms with Gasteiger partial charge in [-0.05, 0) is 49.9 Å². The molecule has 1 aromatic carbocycles. The van der Waals surface area contributed by atoms with E-state index in [2.05, 4.69) is 19.2 Å². The maximum absolute atomic E-state index is 12.6. The van der Waals surface area contributed by atoms with Crippen LogP contribution in [0.1, 0.15) is 56.1 Å². The fraction of sp³-hybridized carbons (Fsp3) is 0.600. The molecule has 0 bridgehead atoms. The van der Waals surface area contributed by atoms with E-state index in [1.165, 1.54) is 36.8 Å². The van der Waals surface area contributed by atoms with Gasteiger partial charge in [-0.2, -0.15) is 0 Å². The summed E-state index contributed by atoms with van der Waals surface area (Å²) >= 11 is 0. The molecule has 0 aromatic heterocycles. The lowest BCUT2D eigenvalue weighted by atomic mass is 10.0. The first-order valence-corrected chi connectivity index (χ1v) is 9.22. The molecule has 1 saturated carbocycles. The Bertz CT molecular complexity index is 618. The summed E-state index contributed by atoms with van der Waals surface area (Å²) < 4.78 is 0. The van der Waals surface area contributed by atoms with Crippen LogP contribution in [0.4, 0.5) is 5.69 Å². The standard InChI is InChI=1S/C20H28N2O2/c1-14-9-10-18(11-15(14)2)22-13-16(12-19(22)23)20(24)21-17-7-5-3-4-6-8-17/h9-11,16-17H,3-8,12-13H2,1-2H3,(H,21,24)/t16-/m0/s1. The number of anilines is 1. The number of benzene rings is 1. The maximum atomic E-state index is 12.6. The number of hydrogen-bond donors (Lipinski definition) is 1. The molecule has 1 atom stereocenters. The summed E-state index contributed by atoms with van der Waals surface area (Å²) in [7, 11) is 0. The molecule has 0 spiro atoms. The lowest BCUT2D eigenvalue weighted by Crippen LogP contribution is -2.39. The second kappa shape index (κ2) is 7.37. The Morgan fingerprint density at radius 2 is 1.79 bits per heavy atom. The molecule has 130 valence electrons. The zero-order valence-corrected chi connectivity index (χ0v) is 14.8. The fourth-order valence-corrected chi connectivity index (χ4v) is 3.77. The Morgan fingerprint density at radius 3 is 2.46 bits per heavy atom. The van der Waals surface area contributed by atoms with Crippen molar-refractivity contribution < 1.29 is 9.59 Å². The second-order valence-corrected chi connectivity index (χ2v) is 7.37. The molecular weight excluding hydrogens is 300 g/mol. The summed E-state index contributed by atoms with van der Waals surface area (Å²) in [6.07, 6.45) is 7.42. The van der Waals surface area contributed by atoms with Crippen LogP contribution in [0.5, 0.6) is 0 Å². The van der Waals surface area contributed by atoms with Gasteiger partial charge in [-0.1, -0.05) is 31.7 Å². The predicted molar refractivity (Wildman–Crippen MR) is 96.0 cm³/mol. The van der Waals surface area contributed by atoms with E-state index in [0.29, 0.717) is 19.0 Å². The van der Waals surface area contributed by atoms with Crippen LogP contribution in [0.3, 0.4) is 0 Å². The van der Waals surface area contributed by atoms with Crippen LogP contribution in [0, 0.1) is 19.8 Å². The molecule has 24 heavy (non-hydrogen) atoms. The number of nitrogens with one attached hydrogen (secondary N) is 1. The number of carbonyl (C=O) groups is 2. The van der Waals surface area contributed by atoms with Crippen molar-refractivity contribution in [3.63, 3.8) is 0 Å². The van der Waals surface area contributed by atoms with Crippen LogP contribution < -0.4 is 10.2 Å². The molecule has 4 nitrogen and oxygen atoms in total. The lowest BCUT2D eigenvalue weighted by molar-refractivity contribution is -0.127. The summed E-state index contributed by atoms with van der Waals surface area (Å²) in [6.45, 7) is 4.61. The average molecular weight is 328 g/mol. The van der Waals surface area contributed by atoms with Crippen molar-refractivity contribution in [3.8, 4) is 0 Å². The summed E-state index contributed by atoms with van der Waals surface area (Å²) in [5.74, 6) is -0.108. The van der Waals surface area contributed by atoms with E-state index in [9.17, 15) is 9.59 Å². The van der Waals surface area contributed by atoms with Gasteiger partial charge in [0.25, 0.3) is 0 Å². The predicted octanol–water partition coefficient (Wildman–Crippen LogP) is 3.50. The molecule has 2 aliphatic rings. The highest BCUT2D eigenvalue weighted by Gasteiger charge is 2.35. The van der Waals surface area contributed by atoms with Crippen molar-refractivity contribution in [2.24, 2.45) is 5.92 Å². The first-order chi connectivity index (χ1) is 11.5. The smallest absolute Gasteiger partial charge is 0.227 e. The molecule has 1 aliphatic heterocycles. The summed E-state index contributed by atoms with van der Waals surface area (Å²) in [4.78, 5) is 26.7. The van der Waals surface area contributed by atoms with Gasteiger partial charge in [0.1, 0.15) is 0 Å². The average Bonchev–Trinajstić information content (AvgIpc) is 2.77. The lowest BCUT2D eigenvalue weighted by Gasteiger charge is -2.20. The largest absolute Gasteiger partial charge is 0.353 e. The van der Waals surface area contributed by atoms with Gasteiger partial charge in [-0.25, -0.2) is 0 Å². The van der Waals surface area contributed by atoms with Gasteiger partial charge in [-0.15, -0.1) is 0 Å². The number of carbonyl (C=O) groups excluding carboxylic acids is 2. The van der Waals surface area contributed by atoms with E-state index < -0.39 is 0 Å². The van der Waals surface area contributed by atoms with Gasteiger partial charge < -0.3 is 10.2 Å². The molecular formula is C20H28N2O2. The summed E-state index contributed by atoms with van der Waals surface area (Å²) in [6, 6.07) is 6.35. The molecule has 1 aromatic rings. The minimum atomic E-state index is -0.220. The molecule has 2 amide bonds. The molecule has 2 fully saturated rings. The molecule has 1 N–H and O–H groups in total. The van der Waals surface area contributed by atoms with Gasteiger partial charge >= 0.3 is 0 Å². The number of rotatable bonds is 3. The highest BCUT2D eigenvalue weighted by Crippen LogP contribution is 2.27. The second-order valence-electron chi connectivity index (χ2n) is 7.37. The summed E-state index contributed by atoms with van der Waals surface area (Å²) in [5, 5.41) is 3.20. The van der Waals surface area contributed by atoms with Crippen molar-refractivity contribution in [3.05, 3.63) is 29.3 Å². The molecule has 1 heterocycles. The number of aryl methyl sites for hydroxylation is 2. The van der Waals surface area contributed by atoms with Gasteiger partial charge in [0.2, 0.25) is 11.8 Å². The van der Waals surface area contributed by atoms with Crippen molar-refractivity contribution in [1.82, 2.24) is 5.32 Å². The van der Waals surface area contributed by atoms with E-state index in [0.717, 1.165) is 18.5 Å². The van der Waals surface area contributed by atoms with E-state index in [4.69, 9.17) is 0 Å². The van der Waals surface area contributed by atoms with Crippen molar-refractivity contribution in [2.75, 3.05) is 11.4 Å². The Balaban J connectivity index is 1.63. The van der Waals surface area contributed by atoms with Crippen LogP contribution in [0.2, 0.25) is 0 Å². The minimum absolute atomic E-state index is 0.0549. The highest BCUT2D eigenvalue weighted by atomic mass is 16.2. The molecule has 1 aliphatic carbocycles. The third kappa shape index (κ3) is 3.80. The third-order valence-corrected chi connectivity index (χ3v) is 5.50. The fourth-order valence-electron chi connectivity index (χ4n) is 3.77. The van der Waals surface area contributed by atoms with Crippen molar-refractivity contribution >= 4 is 17.5 Å². The Morgan fingerprint density at radius 1 is 1.08 bits per heavy atom. The zero-order valence-electron chi connectivity index (χ0n) is 14.8. The number of nitrogens with zero attached hydrogens (tertiary/aromatic N) is 1. The SMILES string of the molecule is Cc1ccc(N2C[C@@H](C(=O)NC3CCCCCC3)CC2=O)cc1C. The summed E-state index contributed by atoms with van der Waals surface area (Å²) in [5.41, 5.74) is 3.30. The maximum Gasteiger partial charge on any atom is 0.227 e. The molecule has 4 heteroatoms. The van der Waals surface area contributed by atoms with Crippen LogP contribution in [0.15, 0.2) is 18.2 Å². The Labute approximate surface area is 144 Å².